The highest BCUT2D eigenvalue weighted by Crippen LogP contribution is 2.40. The number of hydrogen-bond donors (Lipinski definition) is 0. The van der Waals surface area contributed by atoms with Crippen molar-refractivity contribution in [3.63, 3.8) is 0 Å². The molecule has 1 rings (SSSR count). The summed E-state index contributed by atoms with van der Waals surface area (Å²) in [7, 11) is 0. The van der Waals surface area contributed by atoms with E-state index in [1.165, 1.54) is 13.0 Å². The minimum absolute atomic E-state index is 0.0226. The predicted octanol–water partition coefficient (Wildman–Crippen LogP) is 3.62. The number of nitrogens with zero attached hydrogens (tertiary/aromatic N) is 1. The van der Waals surface area contributed by atoms with Crippen molar-refractivity contribution in [1.29, 1.82) is 5.26 Å². The van der Waals surface area contributed by atoms with E-state index in [1.807, 2.05) is 0 Å². The molecule has 0 spiro atoms. The van der Waals surface area contributed by atoms with E-state index < -0.39 is 47.2 Å². The van der Waals surface area contributed by atoms with Gasteiger partial charge in [0.1, 0.15) is 0 Å². The SMILES string of the molecule is CCOC(=O)Cc1ccc(C#N)c(C(F)(F)F)c1C(F)F. The third-order valence-corrected chi connectivity index (χ3v) is 2.60. The highest BCUT2D eigenvalue weighted by Gasteiger charge is 2.40. The van der Waals surface area contributed by atoms with Crippen LogP contribution >= 0.6 is 0 Å². The summed E-state index contributed by atoms with van der Waals surface area (Å²) in [6, 6.07) is 2.91. The van der Waals surface area contributed by atoms with Crippen LogP contribution in [-0.2, 0) is 22.1 Å². The molecular formula is C13H10F5NO2. The van der Waals surface area contributed by atoms with Gasteiger partial charge in [0, 0.05) is 5.56 Å². The van der Waals surface area contributed by atoms with Gasteiger partial charge >= 0.3 is 12.1 Å². The highest BCUT2D eigenvalue weighted by atomic mass is 19.4. The molecule has 3 nitrogen and oxygen atoms in total. The molecule has 8 heteroatoms. The van der Waals surface area contributed by atoms with Crippen molar-refractivity contribution < 1.29 is 31.5 Å². The van der Waals surface area contributed by atoms with Crippen LogP contribution in [0.4, 0.5) is 22.0 Å². The number of alkyl halides is 5. The molecule has 21 heavy (non-hydrogen) atoms. The molecule has 0 saturated heterocycles. The van der Waals surface area contributed by atoms with Crippen molar-refractivity contribution in [2.24, 2.45) is 0 Å². The number of ether oxygens (including phenoxy) is 1. The topological polar surface area (TPSA) is 50.1 Å². The molecular weight excluding hydrogens is 297 g/mol. The zero-order valence-electron chi connectivity index (χ0n) is 10.8. The average molecular weight is 307 g/mol. The van der Waals surface area contributed by atoms with Gasteiger partial charge in [0.05, 0.1) is 30.2 Å². The monoisotopic (exact) mass is 307 g/mol. The van der Waals surface area contributed by atoms with Crippen LogP contribution in [0.15, 0.2) is 12.1 Å². The van der Waals surface area contributed by atoms with E-state index in [4.69, 9.17) is 5.26 Å². The summed E-state index contributed by atoms with van der Waals surface area (Å²) >= 11 is 0. The summed E-state index contributed by atoms with van der Waals surface area (Å²) < 4.78 is 69.3. The van der Waals surface area contributed by atoms with Crippen LogP contribution in [-0.4, -0.2) is 12.6 Å². The fourth-order valence-corrected chi connectivity index (χ4v) is 1.83. The summed E-state index contributed by atoms with van der Waals surface area (Å²) in [5.74, 6) is -0.919. The van der Waals surface area contributed by atoms with Gasteiger partial charge in [-0.3, -0.25) is 4.79 Å². The van der Waals surface area contributed by atoms with Crippen molar-refractivity contribution in [3.8, 4) is 6.07 Å². The molecule has 0 heterocycles. The summed E-state index contributed by atoms with van der Waals surface area (Å²) in [6.45, 7) is 1.46. The smallest absolute Gasteiger partial charge is 0.418 e. The third-order valence-electron chi connectivity index (χ3n) is 2.60. The van der Waals surface area contributed by atoms with Crippen LogP contribution < -0.4 is 0 Å². The molecule has 0 N–H and O–H groups in total. The quantitative estimate of drug-likeness (QED) is 0.630. The molecule has 1 aromatic rings. The first-order valence-electron chi connectivity index (χ1n) is 5.79. The highest BCUT2D eigenvalue weighted by molar-refractivity contribution is 5.73. The van der Waals surface area contributed by atoms with E-state index >= 15 is 0 Å². The number of benzene rings is 1. The van der Waals surface area contributed by atoms with E-state index in [9.17, 15) is 26.7 Å². The van der Waals surface area contributed by atoms with Crippen molar-refractivity contribution in [2.45, 2.75) is 25.9 Å². The molecule has 0 bridgehead atoms. The lowest BCUT2D eigenvalue weighted by Gasteiger charge is -2.17. The van der Waals surface area contributed by atoms with Gasteiger partial charge in [0.25, 0.3) is 6.43 Å². The van der Waals surface area contributed by atoms with Gasteiger partial charge in [-0.05, 0) is 18.6 Å². The Labute approximate surface area is 116 Å². The molecule has 0 atom stereocenters. The Bertz CT molecular complexity index is 575. The first kappa shape index (κ1) is 16.9. The second-order valence-corrected chi connectivity index (χ2v) is 3.95. The second-order valence-electron chi connectivity index (χ2n) is 3.95. The zero-order chi connectivity index (χ0) is 16.2. The van der Waals surface area contributed by atoms with E-state index in [-0.39, 0.29) is 6.61 Å². The Morgan fingerprint density at radius 2 is 2.00 bits per heavy atom. The molecule has 114 valence electrons. The second kappa shape index (κ2) is 6.52. The Balaban J connectivity index is 3.47. The fourth-order valence-electron chi connectivity index (χ4n) is 1.83. The van der Waals surface area contributed by atoms with Crippen molar-refractivity contribution in [2.75, 3.05) is 6.61 Å². The number of esters is 1. The first-order chi connectivity index (χ1) is 9.72. The van der Waals surface area contributed by atoms with Gasteiger partial charge < -0.3 is 4.74 Å². The zero-order valence-corrected chi connectivity index (χ0v) is 10.8. The summed E-state index contributed by atoms with van der Waals surface area (Å²) in [4.78, 5) is 11.3. The van der Waals surface area contributed by atoms with Crippen LogP contribution in [0, 0.1) is 11.3 Å². The lowest BCUT2D eigenvalue weighted by molar-refractivity contribution is -0.143. The molecule has 0 radical (unpaired) electrons. The van der Waals surface area contributed by atoms with Gasteiger partial charge in [0.2, 0.25) is 0 Å². The molecule has 0 amide bonds. The molecule has 1 aromatic carbocycles. The largest absolute Gasteiger partial charge is 0.466 e. The van der Waals surface area contributed by atoms with Crippen molar-refractivity contribution >= 4 is 5.97 Å². The van der Waals surface area contributed by atoms with E-state index in [0.29, 0.717) is 0 Å². The summed E-state index contributed by atoms with van der Waals surface area (Å²) in [5.41, 5.74) is -4.48. The maximum atomic E-state index is 13.0. The van der Waals surface area contributed by atoms with Gasteiger partial charge in [-0.2, -0.15) is 18.4 Å². The van der Waals surface area contributed by atoms with Crippen molar-refractivity contribution in [3.05, 3.63) is 34.4 Å². The summed E-state index contributed by atoms with van der Waals surface area (Å²) in [6.07, 6.45) is -9.32. The maximum absolute atomic E-state index is 13.0. The molecule has 0 aliphatic rings. The number of nitriles is 1. The minimum Gasteiger partial charge on any atom is -0.466 e. The van der Waals surface area contributed by atoms with Gasteiger partial charge in [0.15, 0.2) is 0 Å². The van der Waals surface area contributed by atoms with Crippen LogP contribution in [0.25, 0.3) is 0 Å². The van der Waals surface area contributed by atoms with E-state index in [2.05, 4.69) is 4.74 Å². The number of carbonyl (C=O) groups excluding carboxylic acids is 1. The number of hydrogen-bond acceptors (Lipinski definition) is 3. The van der Waals surface area contributed by atoms with Crippen molar-refractivity contribution in [1.82, 2.24) is 0 Å². The standard InChI is InChI=1S/C13H10F5NO2/c1-2-21-9(20)5-7-3-4-8(6-19)11(13(16,17)18)10(7)12(14)15/h3-4,12H,2,5H2,1H3. The molecule has 0 aliphatic heterocycles. The minimum atomic E-state index is -5.12. The Kier molecular flexibility index (Phi) is 5.24. The molecule has 0 fully saturated rings. The third kappa shape index (κ3) is 3.90. The Morgan fingerprint density at radius 1 is 1.38 bits per heavy atom. The van der Waals surface area contributed by atoms with Gasteiger partial charge in [-0.1, -0.05) is 6.07 Å². The molecule has 0 aromatic heterocycles. The molecule has 0 unspecified atom stereocenters. The van der Waals surface area contributed by atoms with Crippen LogP contribution in [0.1, 0.15) is 35.6 Å². The maximum Gasteiger partial charge on any atom is 0.418 e. The van der Waals surface area contributed by atoms with E-state index in [0.717, 1.165) is 12.1 Å². The Morgan fingerprint density at radius 3 is 2.43 bits per heavy atom. The lowest BCUT2D eigenvalue weighted by Crippen LogP contribution is -2.17. The van der Waals surface area contributed by atoms with Crippen LogP contribution in [0.2, 0.25) is 0 Å². The molecule has 0 saturated carbocycles. The van der Waals surface area contributed by atoms with E-state index in [1.54, 1.807) is 0 Å². The normalized spacial score (nSPS) is 11.3. The fraction of sp³-hybridized carbons (Fsp3) is 0.385. The number of rotatable bonds is 4. The number of halogens is 5. The summed E-state index contributed by atoms with van der Waals surface area (Å²) in [5, 5.41) is 8.66. The number of carbonyl (C=O) groups is 1. The predicted molar refractivity (Wildman–Crippen MR) is 61.5 cm³/mol. The van der Waals surface area contributed by atoms with Gasteiger partial charge in [-0.15, -0.1) is 0 Å². The van der Waals surface area contributed by atoms with Gasteiger partial charge in [-0.25, -0.2) is 8.78 Å². The first-order valence-corrected chi connectivity index (χ1v) is 5.79. The lowest BCUT2D eigenvalue weighted by atomic mass is 9.94. The average Bonchev–Trinajstić information content (AvgIpc) is 2.36. The molecule has 0 aliphatic carbocycles. The van der Waals surface area contributed by atoms with Crippen LogP contribution in [0.5, 0.6) is 0 Å². The Hall–Kier alpha value is -2.17. The van der Waals surface area contributed by atoms with Crippen LogP contribution in [0.3, 0.4) is 0 Å².